The summed E-state index contributed by atoms with van der Waals surface area (Å²) in [7, 11) is 0. The van der Waals surface area contributed by atoms with E-state index in [1.807, 2.05) is 0 Å². The van der Waals surface area contributed by atoms with Crippen LogP contribution in [0.15, 0.2) is 0 Å². The number of aliphatic hydroxyl groups is 6. The Labute approximate surface area is 76.7 Å². The van der Waals surface area contributed by atoms with Crippen LogP contribution >= 0.6 is 0 Å². The molecule has 0 bridgehead atoms. The van der Waals surface area contributed by atoms with E-state index in [2.05, 4.69) is 0 Å². The predicted molar refractivity (Wildman–Crippen MR) is 44.7 cm³/mol. The molecule has 13 heavy (non-hydrogen) atoms. The molecule has 0 aromatic rings. The van der Waals surface area contributed by atoms with E-state index < -0.39 is 18.0 Å². The van der Waals surface area contributed by atoms with E-state index in [0.717, 1.165) is 6.92 Å². The van der Waals surface area contributed by atoms with Crippen LogP contribution in [0.1, 0.15) is 13.8 Å². The third kappa shape index (κ3) is 11.8. The lowest BCUT2D eigenvalue weighted by Crippen LogP contribution is -2.36. The zero-order chi connectivity index (χ0) is 11.1. The molecule has 0 aliphatic carbocycles. The van der Waals surface area contributed by atoms with Gasteiger partial charge in [-0.1, -0.05) is 0 Å². The fraction of sp³-hybridized carbons (Fsp3) is 1.00. The summed E-state index contributed by atoms with van der Waals surface area (Å²) in [6.07, 6.45) is -2.04. The van der Waals surface area contributed by atoms with E-state index in [4.69, 9.17) is 30.6 Å². The Morgan fingerprint density at radius 2 is 1.31 bits per heavy atom. The van der Waals surface area contributed by atoms with Gasteiger partial charge in [-0.05, 0) is 13.8 Å². The van der Waals surface area contributed by atoms with Gasteiger partial charge in [0.1, 0.15) is 12.2 Å². The highest BCUT2D eigenvalue weighted by Gasteiger charge is 2.21. The average molecular weight is 198 g/mol. The van der Waals surface area contributed by atoms with Crippen LogP contribution in [0.4, 0.5) is 0 Å². The van der Waals surface area contributed by atoms with Crippen LogP contribution in [0.2, 0.25) is 0 Å². The molecule has 0 aliphatic rings. The van der Waals surface area contributed by atoms with Gasteiger partial charge in [0.2, 0.25) is 0 Å². The summed E-state index contributed by atoms with van der Waals surface area (Å²) in [4.78, 5) is 0. The Bertz CT molecular complexity index is 104. The second-order valence-corrected chi connectivity index (χ2v) is 2.79. The van der Waals surface area contributed by atoms with Gasteiger partial charge in [0, 0.05) is 0 Å². The Morgan fingerprint density at radius 1 is 1.08 bits per heavy atom. The lowest BCUT2D eigenvalue weighted by molar-refractivity contribution is -0.205. The summed E-state index contributed by atoms with van der Waals surface area (Å²) in [5.74, 6) is -1.94. The molecule has 0 amide bonds. The minimum Gasteiger partial charge on any atom is -0.394 e. The summed E-state index contributed by atoms with van der Waals surface area (Å²) in [5.41, 5.74) is 0. The SMILES string of the molecule is CC(O)C(C)(O)O.OCC(O)CO. The summed E-state index contributed by atoms with van der Waals surface area (Å²) in [6, 6.07) is 0. The van der Waals surface area contributed by atoms with Gasteiger partial charge in [-0.25, -0.2) is 0 Å². The molecule has 0 heterocycles. The second-order valence-electron chi connectivity index (χ2n) is 2.79. The summed E-state index contributed by atoms with van der Waals surface area (Å²) >= 11 is 0. The predicted octanol–water partition coefficient (Wildman–Crippen LogP) is -2.60. The largest absolute Gasteiger partial charge is 0.394 e. The minimum absolute atomic E-state index is 0.365. The maximum Gasteiger partial charge on any atom is 0.186 e. The van der Waals surface area contributed by atoms with Crippen molar-refractivity contribution >= 4 is 0 Å². The molecule has 1 unspecified atom stereocenters. The lowest BCUT2D eigenvalue weighted by Gasteiger charge is -2.17. The van der Waals surface area contributed by atoms with Crippen molar-refractivity contribution in [3.05, 3.63) is 0 Å². The lowest BCUT2D eigenvalue weighted by atomic mass is 10.2. The van der Waals surface area contributed by atoms with Crippen molar-refractivity contribution < 1.29 is 30.6 Å². The maximum atomic E-state index is 8.40. The van der Waals surface area contributed by atoms with Gasteiger partial charge in [0.05, 0.1) is 13.2 Å². The molecule has 6 heteroatoms. The highest BCUT2D eigenvalue weighted by Crippen LogP contribution is 2.01. The van der Waals surface area contributed by atoms with Crippen LogP contribution in [0.25, 0.3) is 0 Å². The smallest absolute Gasteiger partial charge is 0.186 e. The van der Waals surface area contributed by atoms with Crippen molar-refractivity contribution in [2.45, 2.75) is 31.8 Å². The molecule has 0 fully saturated rings. The zero-order valence-corrected chi connectivity index (χ0v) is 7.75. The molecule has 0 radical (unpaired) electrons. The number of aliphatic hydroxyl groups excluding tert-OH is 4. The molecule has 0 rings (SSSR count). The standard InChI is InChI=1S/C4H10O3.C3H8O3/c1-3(5)4(2,6)7;4-1-3(6)2-5/h3,5-7H,1-2H3;3-6H,1-2H2. The summed E-state index contributed by atoms with van der Waals surface area (Å²) < 4.78 is 0. The fourth-order valence-electron chi connectivity index (χ4n) is 0.0577. The van der Waals surface area contributed by atoms with E-state index in [1.54, 1.807) is 0 Å². The number of rotatable bonds is 3. The fourth-order valence-corrected chi connectivity index (χ4v) is 0.0577. The van der Waals surface area contributed by atoms with Crippen molar-refractivity contribution in [2.75, 3.05) is 13.2 Å². The number of hydrogen-bond acceptors (Lipinski definition) is 6. The van der Waals surface area contributed by atoms with Gasteiger partial charge in [0.25, 0.3) is 0 Å². The van der Waals surface area contributed by atoms with Crippen LogP contribution in [0.5, 0.6) is 0 Å². The molecule has 6 nitrogen and oxygen atoms in total. The summed E-state index contributed by atoms with van der Waals surface area (Å²) in [6.45, 7) is 1.70. The Morgan fingerprint density at radius 3 is 1.31 bits per heavy atom. The van der Waals surface area contributed by atoms with Gasteiger partial charge in [-0.3, -0.25) is 0 Å². The quantitative estimate of drug-likeness (QED) is 0.277. The van der Waals surface area contributed by atoms with Crippen LogP contribution in [-0.4, -0.2) is 61.8 Å². The van der Waals surface area contributed by atoms with Crippen LogP contribution in [0, 0.1) is 0 Å². The van der Waals surface area contributed by atoms with Crippen molar-refractivity contribution in [2.24, 2.45) is 0 Å². The van der Waals surface area contributed by atoms with E-state index in [9.17, 15) is 0 Å². The van der Waals surface area contributed by atoms with Crippen molar-refractivity contribution in [1.29, 1.82) is 0 Å². The molecule has 0 saturated heterocycles. The molecule has 0 aromatic carbocycles. The molecule has 0 aromatic heterocycles. The Hall–Kier alpha value is -0.240. The molecule has 1 atom stereocenters. The molecule has 0 aliphatic heterocycles. The molecule has 0 saturated carbocycles. The third-order valence-electron chi connectivity index (χ3n) is 1.21. The van der Waals surface area contributed by atoms with E-state index in [0.29, 0.717) is 0 Å². The first kappa shape index (κ1) is 15.2. The normalized spacial score (nSPS) is 13.6. The van der Waals surface area contributed by atoms with Crippen LogP contribution in [0.3, 0.4) is 0 Å². The molecule has 82 valence electrons. The van der Waals surface area contributed by atoms with Crippen molar-refractivity contribution in [3.63, 3.8) is 0 Å². The Kier molecular flexibility index (Phi) is 8.43. The average Bonchev–Trinajstić information content (AvgIpc) is 2.02. The molecular formula is C7H18O6. The zero-order valence-electron chi connectivity index (χ0n) is 7.75. The van der Waals surface area contributed by atoms with Gasteiger partial charge >= 0.3 is 0 Å². The molecule has 0 spiro atoms. The van der Waals surface area contributed by atoms with Gasteiger partial charge < -0.3 is 30.6 Å². The maximum absolute atomic E-state index is 8.40. The first-order valence-electron chi connectivity index (χ1n) is 3.78. The van der Waals surface area contributed by atoms with Crippen molar-refractivity contribution in [3.8, 4) is 0 Å². The highest BCUT2D eigenvalue weighted by atomic mass is 16.5. The van der Waals surface area contributed by atoms with Gasteiger partial charge in [-0.2, -0.15) is 0 Å². The highest BCUT2D eigenvalue weighted by molar-refractivity contribution is 4.61. The minimum atomic E-state index is -1.94. The van der Waals surface area contributed by atoms with Crippen LogP contribution < -0.4 is 0 Å². The first-order valence-corrected chi connectivity index (χ1v) is 3.78. The number of hydrogen-bond donors (Lipinski definition) is 6. The van der Waals surface area contributed by atoms with Gasteiger partial charge in [-0.15, -0.1) is 0 Å². The first-order chi connectivity index (χ1) is 5.75. The Balaban J connectivity index is 0. The van der Waals surface area contributed by atoms with E-state index in [1.165, 1.54) is 6.92 Å². The topological polar surface area (TPSA) is 121 Å². The summed E-state index contributed by atoms with van der Waals surface area (Å²) in [5, 5.41) is 49.2. The van der Waals surface area contributed by atoms with E-state index in [-0.39, 0.29) is 13.2 Å². The third-order valence-corrected chi connectivity index (χ3v) is 1.21. The molecule has 6 N–H and O–H groups in total. The van der Waals surface area contributed by atoms with E-state index >= 15 is 0 Å². The second kappa shape index (κ2) is 7.19. The van der Waals surface area contributed by atoms with Crippen LogP contribution in [-0.2, 0) is 0 Å². The van der Waals surface area contributed by atoms with Crippen molar-refractivity contribution in [1.82, 2.24) is 0 Å². The van der Waals surface area contributed by atoms with Gasteiger partial charge in [0.15, 0.2) is 5.79 Å². The molecular weight excluding hydrogens is 180 g/mol. The monoisotopic (exact) mass is 198 g/mol.